The smallest absolute Gasteiger partial charge is 0.267 e. The van der Waals surface area contributed by atoms with Crippen LogP contribution in [0.4, 0.5) is 5.82 Å². The van der Waals surface area contributed by atoms with E-state index in [1.807, 2.05) is 19.1 Å². The third-order valence-electron chi connectivity index (χ3n) is 4.89. The van der Waals surface area contributed by atoms with Crippen molar-refractivity contribution in [1.82, 2.24) is 14.3 Å². The van der Waals surface area contributed by atoms with Crippen LogP contribution in [-0.2, 0) is 16.1 Å². The molecule has 4 rings (SSSR count). The zero-order valence-corrected chi connectivity index (χ0v) is 19.3. The second kappa shape index (κ2) is 9.68. The van der Waals surface area contributed by atoms with Gasteiger partial charge < -0.3 is 14.5 Å². The molecule has 0 unspecified atom stereocenters. The SMILES string of the molecule is COCCCN1C(=O)/C(=C/c2c(NCc3ccco3)nc3ccc(C)cn3c2=O)SC1=S. The van der Waals surface area contributed by atoms with Gasteiger partial charge in [0.25, 0.3) is 11.5 Å². The number of thiocarbonyl (C=S) groups is 1. The molecule has 8 nitrogen and oxygen atoms in total. The van der Waals surface area contributed by atoms with Gasteiger partial charge in [-0.25, -0.2) is 4.98 Å². The number of amides is 1. The molecule has 166 valence electrons. The lowest BCUT2D eigenvalue weighted by Gasteiger charge is -2.13. The van der Waals surface area contributed by atoms with Gasteiger partial charge in [-0.05, 0) is 43.2 Å². The van der Waals surface area contributed by atoms with Gasteiger partial charge in [0.1, 0.15) is 21.5 Å². The van der Waals surface area contributed by atoms with Crippen molar-refractivity contribution in [2.75, 3.05) is 25.6 Å². The van der Waals surface area contributed by atoms with Gasteiger partial charge in [0.05, 0.1) is 23.3 Å². The van der Waals surface area contributed by atoms with E-state index in [4.69, 9.17) is 21.4 Å². The molecular formula is C22H22N4O4S2. The average molecular weight is 471 g/mol. The lowest BCUT2D eigenvalue weighted by Crippen LogP contribution is -2.29. The molecule has 1 fully saturated rings. The monoisotopic (exact) mass is 470 g/mol. The molecule has 0 radical (unpaired) electrons. The number of hydrogen-bond acceptors (Lipinski definition) is 8. The molecule has 4 heterocycles. The van der Waals surface area contributed by atoms with Crippen molar-refractivity contribution in [2.24, 2.45) is 0 Å². The van der Waals surface area contributed by atoms with E-state index in [1.54, 1.807) is 37.8 Å². The molecule has 0 saturated carbocycles. The minimum Gasteiger partial charge on any atom is -0.467 e. The van der Waals surface area contributed by atoms with E-state index in [0.717, 1.165) is 5.56 Å². The summed E-state index contributed by atoms with van der Waals surface area (Å²) >= 11 is 6.57. The second-order valence-corrected chi connectivity index (χ2v) is 8.90. The first-order valence-electron chi connectivity index (χ1n) is 10.0. The van der Waals surface area contributed by atoms with E-state index in [9.17, 15) is 9.59 Å². The molecule has 3 aromatic heterocycles. The summed E-state index contributed by atoms with van der Waals surface area (Å²) in [6.07, 6.45) is 5.56. The van der Waals surface area contributed by atoms with Crippen molar-refractivity contribution in [1.29, 1.82) is 0 Å². The van der Waals surface area contributed by atoms with Crippen LogP contribution in [0.15, 0.2) is 50.8 Å². The Labute approximate surface area is 194 Å². The van der Waals surface area contributed by atoms with E-state index in [-0.39, 0.29) is 17.0 Å². The van der Waals surface area contributed by atoms with Crippen LogP contribution in [0.25, 0.3) is 11.7 Å². The molecule has 3 aromatic rings. The largest absolute Gasteiger partial charge is 0.467 e. The normalized spacial score (nSPS) is 15.3. The number of anilines is 1. The van der Waals surface area contributed by atoms with Crippen molar-refractivity contribution >= 4 is 51.7 Å². The van der Waals surface area contributed by atoms with Gasteiger partial charge in [-0.2, -0.15) is 0 Å². The number of methoxy groups -OCH3 is 1. The molecule has 1 amide bonds. The fourth-order valence-electron chi connectivity index (χ4n) is 3.30. The molecule has 0 bridgehead atoms. The topological polar surface area (TPSA) is 89.1 Å². The third-order valence-corrected chi connectivity index (χ3v) is 6.27. The lowest BCUT2D eigenvalue weighted by atomic mass is 10.2. The fourth-order valence-corrected chi connectivity index (χ4v) is 4.59. The van der Waals surface area contributed by atoms with Crippen molar-refractivity contribution in [3.63, 3.8) is 0 Å². The van der Waals surface area contributed by atoms with Crippen LogP contribution in [0, 0.1) is 6.92 Å². The number of fused-ring (bicyclic) bond motifs is 1. The van der Waals surface area contributed by atoms with Gasteiger partial charge in [-0.1, -0.05) is 30.0 Å². The van der Waals surface area contributed by atoms with Gasteiger partial charge in [0.2, 0.25) is 0 Å². The van der Waals surface area contributed by atoms with Crippen LogP contribution < -0.4 is 10.9 Å². The number of carbonyl (C=O) groups excluding carboxylic acids is 1. The van der Waals surface area contributed by atoms with Crippen molar-refractivity contribution in [2.45, 2.75) is 19.9 Å². The zero-order valence-electron chi connectivity index (χ0n) is 17.7. The highest BCUT2D eigenvalue weighted by Crippen LogP contribution is 2.33. The van der Waals surface area contributed by atoms with E-state index in [2.05, 4.69) is 10.3 Å². The quantitative estimate of drug-likeness (QED) is 0.304. The number of aryl methyl sites for hydroxylation is 1. The van der Waals surface area contributed by atoms with Crippen molar-refractivity contribution in [3.8, 4) is 0 Å². The highest BCUT2D eigenvalue weighted by Gasteiger charge is 2.32. The van der Waals surface area contributed by atoms with Crippen molar-refractivity contribution in [3.05, 3.63) is 68.9 Å². The Kier molecular flexibility index (Phi) is 6.73. The van der Waals surface area contributed by atoms with Gasteiger partial charge in [0, 0.05) is 26.5 Å². The molecule has 0 atom stereocenters. The summed E-state index contributed by atoms with van der Waals surface area (Å²) in [6, 6.07) is 7.30. The van der Waals surface area contributed by atoms with Crippen LogP contribution in [0.1, 0.15) is 23.3 Å². The number of nitrogens with one attached hydrogen (secondary N) is 1. The molecule has 32 heavy (non-hydrogen) atoms. The maximum absolute atomic E-state index is 13.4. The number of nitrogens with zero attached hydrogens (tertiary/aromatic N) is 3. The molecule has 0 aliphatic carbocycles. The summed E-state index contributed by atoms with van der Waals surface area (Å²) in [4.78, 5) is 32.9. The van der Waals surface area contributed by atoms with Crippen LogP contribution in [0.5, 0.6) is 0 Å². The number of pyridine rings is 1. The average Bonchev–Trinajstić information content (AvgIpc) is 3.38. The maximum Gasteiger partial charge on any atom is 0.267 e. The van der Waals surface area contributed by atoms with Crippen LogP contribution >= 0.6 is 24.0 Å². The molecular weight excluding hydrogens is 448 g/mol. The molecule has 10 heteroatoms. The Balaban J connectivity index is 1.73. The number of thioether (sulfide) groups is 1. The zero-order chi connectivity index (χ0) is 22.7. The maximum atomic E-state index is 13.4. The molecule has 1 N–H and O–H groups in total. The minimum absolute atomic E-state index is 0.221. The first kappa shape index (κ1) is 22.3. The molecule has 1 saturated heterocycles. The second-order valence-electron chi connectivity index (χ2n) is 7.23. The Hall–Kier alpha value is -2.95. The summed E-state index contributed by atoms with van der Waals surface area (Å²) < 4.78 is 12.4. The lowest BCUT2D eigenvalue weighted by molar-refractivity contribution is -0.122. The Bertz CT molecular complexity index is 1250. The van der Waals surface area contributed by atoms with E-state index >= 15 is 0 Å². The standard InChI is InChI=1S/C22H22N4O4S2/c1-14-6-7-18-24-19(23-12-15-5-3-10-30-15)16(20(27)26(18)13-14)11-17-21(28)25(22(31)32-17)8-4-9-29-2/h3,5-7,10-11,13,23H,4,8-9,12H2,1-2H3/b17-11-. The van der Waals surface area contributed by atoms with Gasteiger partial charge in [-0.15, -0.1) is 0 Å². The summed E-state index contributed by atoms with van der Waals surface area (Å²) in [7, 11) is 1.61. The van der Waals surface area contributed by atoms with E-state index in [1.165, 1.54) is 21.1 Å². The van der Waals surface area contributed by atoms with Gasteiger partial charge in [0.15, 0.2) is 0 Å². The number of ether oxygens (including phenoxy) is 1. The predicted octanol–water partition coefficient (Wildman–Crippen LogP) is 3.45. The van der Waals surface area contributed by atoms with E-state index < -0.39 is 0 Å². The summed E-state index contributed by atoms with van der Waals surface area (Å²) in [5, 5.41) is 3.17. The van der Waals surface area contributed by atoms with Crippen molar-refractivity contribution < 1.29 is 13.9 Å². The number of hydrogen-bond donors (Lipinski definition) is 1. The van der Waals surface area contributed by atoms with Crippen LogP contribution in [0.2, 0.25) is 0 Å². The van der Waals surface area contributed by atoms with Gasteiger partial charge >= 0.3 is 0 Å². The first-order valence-corrected chi connectivity index (χ1v) is 11.2. The number of rotatable bonds is 8. The van der Waals surface area contributed by atoms with Crippen LogP contribution in [-0.4, -0.2) is 44.8 Å². The Morgan fingerprint density at radius 2 is 2.16 bits per heavy atom. The Morgan fingerprint density at radius 3 is 2.91 bits per heavy atom. The number of aromatic nitrogens is 2. The number of furan rings is 1. The third kappa shape index (κ3) is 4.62. The molecule has 0 spiro atoms. The fraction of sp³-hybridized carbons (Fsp3) is 0.273. The molecule has 0 aromatic carbocycles. The predicted molar refractivity (Wildman–Crippen MR) is 129 cm³/mol. The summed E-state index contributed by atoms with van der Waals surface area (Å²) in [5.41, 5.74) is 1.45. The summed E-state index contributed by atoms with van der Waals surface area (Å²) in [5.74, 6) is 0.855. The first-order chi connectivity index (χ1) is 15.5. The summed E-state index contributed by atoms with van der Waals surface area (Å²) in [6.45, 7) is 3.25. The molecule has 1 aliphatic heterocycles. The molecule has 1 aliphatic rings. The highest BCUT2D eigenvalue weighted by atomic mass is 32.2. The number of carbonyl (C=O) groups is 1. The van der Waals surface area contributed by atoms with Gasteiger partial charge in [-0.3, -0.25) is 18.9 Å². The Morgan fingerprint density at radius 1 is 1.31 bits per heavy atom. The van der Waals surface area contributed by atoms with E-state index in [0.29, 0.717) is 52.6 Å². The van der Waals surface area contributed by atoms with Crippen LogP contribution in [0.3, 0.4) is 0 Å². The minimum atomic E-state index is -0.273. The highest BCUT2D eigenvalue weighted by molar-refractivity contribution is 8.26.